The van der Waals surface area contributed by atoms with Crippen molar-refractivity contribution in [3.63, 3.8) is 0 Å². The normalized spacial score (nSPS) is 9.38. The lowest BCUT2D eigenvalue weighted by atomic mass is 10.2. The van der Waals surface area contributed by atoms with Crippen LogP contribution in [0.5, 0.6) is 0 Å². The third-order valence-electron chi connectivity index (χ3n) is 1.44. The summed E-state index contributed by atoms with van der Waals surface area (Å²) in [7, 11) is 0. The first-order valence-electron chi connectivity index (χ1n) is 3.80. The van der Waals surface area contributed by atoms with Gasteiger partial charge >= 0.3 is 0 Å². The lowest BCUT2D eigenvalue weighted by Gasteiger charge is -1.99. The number of carbonyl (C=O) groups excluding carboxylic acids is 1. The molecule has 3 nitrogen and oxygen atoms in total. The number of isocyanates is 1. The molecule has 13 heavy (non-hydrogen) atoms. The molecule has 0 saturated carbocycles. The van der Waals surface area contributed by atoms with Crippen molar-refractivity contribution in [1.29, 1.82) is 0 Å². The number of rotatable bonds is 3. The van der Waals surface area contributed by atoms with E-state index in [1.165, 1.54) is 12.1 Å². The van der Waals surface area contributed by atoms with Gasteiger partial charge in [-0.3, -0.25) is 0 Å². The van der Waals surface area contributed by atoms with Crippen LogP contribution in [0.2, 0.25) is 5.15 Å². The van der Waals surface area contributed by atoms with Crippen molar-refractivity contribution in [2.24, 2.45) is 4.99 Å². The summed E-state index contributed by atoms with van der Waals surface area (Å²) in [4.78, 5) is 17.5. The number of halogens is 1. The van der Waals surface area contributed by atoms with Gasteiger partial charge in [0.1, 0.15) is 5.15 Å². The van der Waals surface area contributed by atoms with Crippen LogP contribution < -0.4 is 0 Å². The molecule has 4 heteroatoms. The van der Waals surface area contributed by atoms with Gasteiger partial charge in [-0.1, -0.05) is 18.5 Å². The molecule has 67 valence electrons. The van der Waals surface area contributed by atoms with E-state index < -0.39 is 0 Å². The first kappa shape index (κ1) is 9.90. The largest absolute Gasteiger partial charge is 0.241 e. The van der Waals surface area contributed by atoms with Crippen LogP contribution >= 0.6 is 11.6 Å². The van der Waals surface area contributed by atoms with Crippen molar-refractivity contribution in [1.82, 2.24) is 4.98 Å². The maximum Gasteiger partial charge on any atom is 0.240 e. The third-order valence-corrected chi connectivity index (χ3v) is 1.63. The van der Waals surface area contributed by atoms with Gasteiger partial charge in [0, 0.05) is 11.8 Å². The molecule has 1 aromatic heterocycles. The van der Waals surface area contributed by atoms with Gasteiger partial charge in [-0.2, -0.15) is 4.99 Å². The molecule has 0 aromatic carbocycles. The Morgan fingerprint density at radius 2 is 2.38 bits per heavy atom. The lowest BCUT2D eigenvalue weighted by molar-refractivity contribution is 0.565. The summed E-state index contributed by atoms with van der Waals surface area (Å²) in [6, 6.07) is 3.21. The second-order valence-electron chi connectivity index (χ2n) is 2.45. The van der Waals surface area contributed by atoms with E-state index >= 15 is 0 Å². The molecule has 0 saturated heterocycles. The summed E-state index contributed by atoms with van der Waals surface area (Å²) in [6.07, 6.45) is 2.91. The van der Waals surface area contributed by atoms with E-state index in [2.05, 4.69) is 16.9 Å². The van der Waals surface area contributed by atoms with Crippen molar-refractivity contribution in [2.45, 2.75) is 12.8 Å². The van der Waals surface area contributed by atoms with E-state index in [0.717, 1.165) is 18.5 Å². The molecule has 0 amide bonds. The number of aryl methyl sites for hydroxylation is 1. The second-order valence-corrected chi connectivity index (χ2v) is 2.83. The maximum atomic E-state index is 9.99. The molecule has 0 bridgehead atoms. The summed E-state index contributed by atoms with van der Waals surface area (Å²) < 4.78 is 0. The molecule has 0 N–H and O–H groups in total. The topological polar surface area (TPSA) is 42.3 Å². The number of nitrogens with zero attached hydrogens (tertiary/aromatic N) is 2. The van der Waals surface area contributed by atoms with E-state index in [9.17, 15) is 4.79 Å². The minimum Gasteiger partial charge on any atom is -0.241 e. The van der Waals surface area contributed by atoms with E-state index in [1.807, 2.05) is 0 Å². The van der Waals surface area contributed by atoms with Crippen LogP contribution in [0.4, 0.5) is 5.69 Å². The fourth-order valence-corrected chi connectivity index (χ4v) is 1.18. The van der Waals surface area contributed by atoms with Crippen LogP contribution in [-0.2, 0) is 11.2 Å². The van der Waals surface area contributed by atoms with E-state index in [-0.39, 0.29) is 0 Å². The number of hydrogen-bond acceptors (Lipinski definition) is 3. The molecule has 0 unspecified atom stereocenters. The van der Waals surface area contributed by atoms with E-state index in [1.54, 1.807) is 6.07 Å². The molecule has 0 spiro atoms. The van der Waals surface area contributed by atoms with Crippen LogP contribution in [0.3, 0.4) is 0 Å². The quantitative estimate of drug-likeness (QED) is 0.423. The zero-order chi connectivity index (χ0) is 9.68. The smallest absolute Gasteiger partial charge is 0.240 e. The van der Waals surface area contributed by atoms with Crippen molar-refractivity contribution in [3.8, 4) is 0 Å². The Labute approximate surface area is 81.5 Å². The average Bonchev–Trinajstić information content (AvgIpc) is 2.04. The predicted octanol–water partition coefficient (Wildman–Crippen LogP) is 2.47. The minimum absolute atomic E-state index is 0.333. The molecular weight excluding hydrogens is 188 g/mol. The molecule has 0 atom stereocenters. The Kier molecular flexibility index (Phi) is 3.62. The fraction of sp³-hybridized carbons (Fsp3) is 0.222. The van der Waals surface area contributed by atoms with Gasteiger partial charge in [0.2, 0.25) is 6.08 Å². The molecule has 1 radical (unpaired) electrons. The van der Waals surface area contributed by atoms with Crippen LogP contribution in [0, 0.1) is 6.92 Å². The van der Waals surface area contributed by atoms with Crippen molar-refractivity contribution >= 4 is 23.4 Å². The highest BCUT2D eigenvalue weighted by Crippen LogP contribution is 2.18. The second kappa shape index (κ2) is 4.75. The van der Waals surface area contributed by atoms with Crippen LogP contribution in [0.1, 0.15) is 12.1 Å². The van der Waals surface area contributed by atoms with Gasteiger partial charge in [-0.15, -0.1) is 0 Å². The SMILES string of the molecule is [CH2]CCc1cc(N=C=O)cc(Cl)n1. The summed E-state index contributed by atoms with van der Waals surface area (Å²) in [6.45, 7) is 3.70. The maximum absolute atomic E-state index is 9.99. The predicted molar refractivity (Wildman–Crippen MR) is 50.7 cm³/mol. The molecule has 0 aliphatic rings. The molecule has 1 heterocycles. The fourth-order valence-electron chi connectivity index (χ4n) is 0.963. The molecule has 1 rings (SSSR count). The van der Waals surface area contributed by atoms with E-state index in [0.29, 0.717) is 10.8 Å². The Morgan fingerprint density at radius 1 is 1.62 bits per heavy atom. The molecule has 0 aliphatic carbocycles. The van der Waals surface area contributed by atoms with Crippen LogP contribution in [0.25, 0.3) is 0 Å². The van der Waals surface area contributed by atoms with Crippen LogP contribution in [0.15, 0.2) is 17.1 Å². The van der Waals surface area contributed by atoms with Gasteiger partial charge in [-0.05, 0) is 18.9 Å². The number of aromatic nitrogens is 1. The standard InChI is InChI=1S/C9H8ClN2O/c1-2-3-7-4-8(11-6-13)5-9(10)12-7/h4-5H,1-3H2. The Morgan fingerprint density at radius 3 is 3.00 bits per heavy atom. The van der Waals surface area contributed by atoms with Crippen molar-refractivity contribution in [2.75, 3.05) is 0 Å². The molecule has 0 aliphatic heterocycles. The Hall–Kier alpha value is -1.18. The average molecular weight is 196 g/mol. The Bertz CT molecular complexity index is 345. The lowest BCUT2D eigenvalue weighted by Crippen LogP contribution is -1.88. The first-order chi connectivity index (χ1) is 6.26. The summed E-state index contributed by atoms with van der Waals surface area (Å²) >= 11 is 5.70. The zero-order valence-corrected chi connectivity index (χ0v) is 7.71. The summed E-state index contributed by atoms with van der Waals surface area (Å²) in [5, 5.41) is 0.333. The third kappa shape index (κ3) is 2.98. The number of pyridine rings is 1. The van der Waals surface area contributed by atoms with Gasteiger partial charge in [-0.25, -0.2) is 9.78 Å². The highest BCUT2D eigenvalue weighted by molar-refractivity contribution is 6.29. The summed E-state index contributed by atoms with van der Waals surface area (Å²) in [5.41, 5.74) is 1.27. The van der Waals surface area contributed by atoms with Gasteiger partial charge in [0.25, 0.3) is 0 Å². The van der Waals surface area contributed by atoms with Crippen LogP contribution in [-0.4, -0.2) is 11.1 Å². The van der Waals surface area contributed by atoms with Crippen molar-refractivity contribution < 1.29 is 4.79 Å². The van der Waals surface area contributed by atoms with Gasteiger partial charge in [0.15, 0.2) is 0 Å². The summed E-state index contributed by atoms with van der Waals surface area (Å²) in [5.74, 6) is 0. The minimum atomic E-state index is 0.333. The highest BCUT2D eigenvalue weighted by Gasteiger charge is 1.99. The van der Waals surface area contributed by atoms with Gasteiger partial charge in [0.05, 0.1) is 5.69 Å². The molecular formula is C9H8ClN2O. The number of hydrogen-bond donors (Lipinski definition) is 0. The Balaban J connectivity index is 3.03. The monoisotopic (exact) mass is 195 g/mol. The highest BCUT2D eigenvalue weighted by atomic mass is 35.5. The number of aliphatic imine (C=N–C) groups is 1. The van der Waals surface area contributed by atoms with Gasteiger partial charge < -0.3 is 0 Å². The molecule has 0 fully saturated rings. The zero-order valence-electron chi connectivity index (χ0n) is 6.96. The first-order valence-corrected chi connectivity index (χ1v) is 4.17. The van der Waals surface area contributed by atoms with E-state index in [4.69, 9.17) is 11.6 Å². The molecule has 1 aromatic rings. The van der Waals surface area contributed by atoms with Crippen molar-refractivity contribution in [3.05, 3.63) is 29.9 Å².